The number of nitrogens with zero attached hydrogens (tertiary/aromatic N) is 2. The lowest BCUT2D eigenvalue weighted by Crippen LogP contribution is -2.44. The summed E-state index contributed by atoms with van der Waals surface area (Å²) < 4.78 is 12.9. The highest BCUT2D eigenvalue weighted by atomic mass is 19.1. The number of carbonyl (C=O) groups excluding carboxylic acids is 1. The zero-order valence-corrected chi connectivity index (χ0v) is 12.7. The van der Waals surface area contributed by atoms with Crippen molar-refractivity contribution < 1.29 is 19.1 Å². The molecule has 0 radical (unpaired) electrons. The van der Waals surface area contributed by atoms with Gasteiger partial charge in [-0.05, 0) is 37.1 Å². The zero-order chi connectivity index (χ0) is 16.1. The number of hydrogen-bond donors (Lipinski definition) is 1. The van der Waals surface area contributed by atoms with Gasteiger partial charge in [-0.2, -0.15) is 0 Å². The molecule has 0 aliphatic carbocycles. The number of carboxylic acid groups (broad SMARTS) is 1. The minimum Gasteiger partial charge on any atom is -0.481 e. The van der Waals surface area contributed by atoms with Crippen molar-refractivity contribution in [3.8, 4) is 0 Å². The summed E-state index contributed by atoms with van der Waals surface area (Å²) in [4.78, 5) is 26.6. The number of hydrogen-bond acceptors (Lipinski definition) is 3. The molecule has 1 aromatic carbocycles. The van der Waals surface area contributed by atoms with E-state index >= 15 is 0 Å². The molecule has 1 unspecified atom stereocenters. The van der Waals surface area contributed by atoms with Gasteiger partial charge in [0, 0.05) is 20.1 Å². The third-order valence-electron chi connectivity index (χ3n) is 3.98. The highest BCUT2D eigenvalue weighted by Crippen LogP contribution is 2.21. The number of benzene rings is 1. The lowest BCUT2D eigenvalue weighted by Gasteiger charge is -2.27. The Kier molecular flexibility index (Phi) is 5.49. The van der Waals surface area contributed by atoms with Crippen LogP contribution in [0.5, 0.6) is 0 Å². The Morgan fingerprint density at radius 2 is 2.05 bits per heavy atom. The van der Waals surface area contributed by atoms with Crippen LogP contribution in [-0.4, -0.2) is 53.0 Å². The van der Waals surface area contributed by atoms with Gasteiger partial charge in [0.2, 0.25) is 5.91 Å². The lowest BCUT2D eigenvalue weighted by atomic mass is 10.1. The molecule has 1 N–H and O–H groups in total. The lowest BCUT2D eigenvalue weighted by molar-refractivity contribution is -0.139. The van der Waals surface area contributed by atoms with Crippen molar-refractivity contribution in [3.05, 3.63) is 35.6 Å². The van der Waals surface area contributed by atoms with Crippen molar-refractivity contribution in [2.24, 2.45) is 0 Å². The van der Waals surface area contributed by atoms with Crippen molar-refractivity contribution in [3.63, 3.8) is 0 Å². The molecule has 1 saturated heterocycles. The highest BCUT2D eigenvalue weighted by molar-refractivity contribution is 5.82. The molecule has 5 nitrogen and oxygen atoms in total. The number of carbonyl (C=O) groups is 2. The second-order valence-corrected chi connectivity index (χ2v) is 5.66. The van der Waals surface area contributed by atoms with Gasteiger partial charge >= 0.3 is 5.97 Å². The second-order valence-electron chi connectivity index (χ2n) is 5.66. The first-order chi connectivity index (χ1) is 10.5. The van der Waals surface area contributed by atoms with Gasteiger partial charge in [-0.15, -0.1) is 0 Å². The van der Waals surface area contributed by atoms with E-state index in [1.165, 1.54) is 17.0 Å². The van der Waals surface area contributed by atoms with E-state index in [1.807, 2.05) is 0 Å². The van der Waals surface area contributed by atoms with Crippen molar-refractivity contribution in [1.82, 2.24) is 9.80 Å². The van der Waals surface area contributed by atoms with Crippen LogP contribution in [-0.2, 0) is 16.1 Å². The van der Waals surface area contributed by atoms with E-state index in [4.69, 9.17) is 5.11 Å². The molecule has 1 aliphatic rings. The number of rotatable bonds is 6. The average molecular weight is 308 g/mol. The van der Waals surface area contributed by atoms with E-state index in [1.54, 1.807) is 19.2 Å². The second kappa shape index (κ2) is 7.35. The summed E-state index contributed by atoms with van der Waals surface area (Å²) in [5.74, 6) is -1.22. The molecule has 1 atom stereocenters. The van der Waals surface area contributed by atoms with Gasteiger partial charge in [-0.3, -0.25) is 14.5 Å². The third kappa shape index (κ3) is 4.27. The Labute approximate surface area is 129 Å². The van der Waals surface area contributed by atoms with E-state index in [-0.39, 0.29) is 30.7 Å². The van der Waals surface area contributed by atoms with Gasteiger partial charge in [0.05, 0.1) is 12.5 Å². The van der Waals surface area contributed by atoms with E-state index in [2.05, 4.69) is 4.90 Å². The molecule has 0 spiro atoms. The van der Waals surface area contributed by atoms with Crippen LogP contribution in [0.2, 0.25) is 0 Å². The third-order valence-corrected chi connectivity index (χ3v) is 3.98. The average Bonchev–Trinajstić information content (AvgIpc) is 2.94. The molecular formula is C16H21FN2O3. The maximum absolute atomic E-state index is 12.9. The molecule has 0 bridgehead atoms. The van der Waals surface area contributed by atoms with Crippen molar-refractivity contribution in [2.45, 2.75) is 31.8 Å². The van der Waals surface area contributed by atoms with E-state index < -0.39 is 5.97 Å². The van der Waals surface area contributed by atoms with Crippen LogP contribution < -0.4 is 0 Å². The summed E-state index contributed by atoms with van der Waals surface area (Å²) in [6, 6.07) is 6.07. The Bertz CT molecular complexity index is 533. The number of likely N-dealkylation sites (N-methyl/N-ethyl adjacent to an activating group) is 1. The fraction of sp³-hybridized carbons (Fsp3) is 0.500. The van der Waals surface area contributed by atoms with Crippen LogP contribution in [0.4, 0.5) is 4.39 Å². The molecule has 0 aromatic heterocycles. The first-order valence-corrected chi connectivity index (χ1v) is 7.42. The summed E-state index contributed by atoms with van der Waals surface area (Å²) in [6.07, 6.45) is 1.66. The Balaban J connectivity index is 1.95. The predicted octanol–water partition coefficient (Wildman–Crippen LogP) is 1.72. The summed E-state index contributed by atoms with van der Waals surface area (Å²) in [7, 11) is 1.64. The zero-order valence-electron chi connectivity index (χ0n) is 12.7. The first kappa shape index (κ1) is 16.4. The smallest absolute Gasteiger partial charge is 0.305 e. The van der Waals surface area contributed by atoms with E-state index in [9.17, 15) is 14.0 Å². The minimum absolute atomic E-state index is 0.0409. The summed E-state index contributed by atoms with van der Waals surface area (Å²) in [5, 5.41) is 8.70. The molecule has 1 heterocycles. The fourth-order valence-corrected chi connectivity index (χ4v) is 2.75. The van der Waals surface area contributed by atoms with Gasteiger partial charge in [0.1, 0.15) is 5.82 Å². The number of aliphatic carboxylic acids is 1. The summed E-state index contributed by atoms with van der Waals surface area (Å²) >= 11 is 0. The van der Waals surface area contributed by atoms with Crippen LogP contribution in [0.15, 0.2) is 24.3 Å². The minimum atomic E-state index is -0.908. The normalized spacial score (nSPS) is 18.4. The summed E-state index contributed by atoms with van der Waals surface area (Å²) in [5.41, 5.74) is 0.967. The van der Waals surface area contributed by atoms with Crippen LogP contribution in [0.25, 0.3) is 0 Å². The van der Waals surface area contributed by atoms with Crippen LogP contribution >= 0.6 is 0 Å². The molecular weight excluding hydrogens is 287 g/mol. The molecule has 1 aromatic rings. The van der Waals surface area contributed by atoms with Gasteiger partial charge in [0.15, 0.2) is 0 Å². The van der Waals surface area contributed by atoms with E-state index in [0.29, 0.717) is 6.54 Å². The summed E-state index contributed by atoms with van der Waals surface area (Å²) in [6.45, 7) is 1.64. The Morgan fingerprint density at radius 1 is 1.36 bits per heavy atom. The number of carboxylic acids is 1. The van der Waals surface area contributed by atoms with Gasteiger partial charge in [-0.1, -0.05) is 12.1 Å². The standard InChI is InChI=1S/C16H21FN2O3/c1-18(10-8-15(20)21)16(22)14-3-2-9-19(14)11-12-4-6-13(17)7-5-12/h4-7,14H,2-3,8-11H2,1H3,(H,20,21). The van der Waals surface area contributed by atoms with Crippen LogP contribution in [0, 0.1) is 5.82 Å². The largest absolute Gasteiger partial charge is 0.481 e. The topological polar surface area (TPSA) is 60.9 Å². The monoisotopic (exact) mass is 308 g/mol. The maximum atomic E-state index is 12.9. The van der Waals surface area contributed by atoms with Gasteiger partial charge in [0.25, 0.3) is 0 Å². The predicted molar refractivity (Wildman–Crippen MR) is 79.7 cm³/mol. The van der Waals surface area contributed by atoms with Gasteiger partial charge < -0.3 is 10.0 Å². The molecule has 1 fully saturated rings. The molecule has 1 aliphatic heterocycles. The fourth-order valence-electron chi connectivity index (χ4n) is 2.75. The Hall–Kier alpha value is -1.95. The number of likely N-dealkylation sites (tertiary alicyclic amines) is 1. The molecule has 0 saturated carbocycles. The Morgan fingerprint density at radius 3 is 2.68 bits per heavy atom. The van der Waals surface area contributed by atoms with Crippen molar-refractivity contribution >= 4 is 11.9 Å². The molecule has 1 amide bonds. The van der Waals surface area contributed by atoms with Gasteiger partial charge in [-0.25, -0.2) is 4.39 Å². The molecule has 6 heteroatoms. The number of amides is 1. The molecule has 2 rings (SSSR count). The molecule has 120 valence electrons. The van der Waals surface area contributed by atoms with Crippen molar-refractivity contribution in [1.29, 1.82) is 0 Å². The van der Waals surface area contributed by atoms with Crippen LogP contribution in [0.1, 0.15) is 24.8 Å². The maximum Gasteiger partial charge on any atom is 0.305 e. The van der Waals surface area contributed by atoms with E-state index in [0.717, 1.165) is 24.9 Å². The number of halogens is 1. The molecule has 22 heavy (non-hydrogen) atoms. The van der Waals surface area contributed by atoms with Crippen LogP contribution in [0.3, 0.4) is 0 Å². The highest BCUT2D eigenvalue weighted by Gasteiger charge is 2.32. The SMILES string of the molecule is CN(CCC(=O)O)C(=O)C1CCCN1Cc1ccc(F)cc1. The van der Waals surface area contributed by atoms with Crippen molar-refractivity contribution in [2.75, 3.05) is 20.1 Å². The quantitative estimate of drug-likeness (QED) is 0.869. The first-order valence-electron chi connectivity index (χ1n) is 7.42.